The van der Waals surface area contributed by atoms with Crippen molar-refractivity contribution >= 4 is 46.0 Å². The largest absolute Gasteiger partial charge is 0.465 e. The third-order valence-electron chi connectivity index (χ3n) is 4.80. The van der Waals surface area contributed by atoms with E-state index in [1.54, 1.807) is 11.8 Å². The van der Waals surface area contributed by atoms with Crippen LogP contribution in [-0.2, 0) is 14.3 Å². The van der Waals surface area contributed by atoms with Crippen LogP contribution in [0.1, 0.15) is 41.3 Å². The van der Waals surface area contributed by atoms with Gasteiger partial charge >= 0.3 is 5.97 Å². The second-order valence-electron chi connectivity index (χ2n) is 7.42. The summed E-state index contributed by atoms with van der Waals surface area (Å²) in [4.78, 5) is 38.9. The molecule has 1 aliphatic rings. The van der Waals surface area contributed by atoms with Crippen molar-refractivity contribution in [2.45, 2.75) is 38.0 Å². The van der Waals surface area contributed by atoms with Crippen molar-refractivity contribution in [3.05, 3.63) is 34.9 Å². The van der Waals surface area contributed by atoms with Crippen molar-refractivity contribution in [1.82, 2.24) is 15.1 Å². The fourth-order valence-corrected chi connectivity index (χ4v) is 5.06. The molecule has 0 bridgehead atoms. The Hall–Kier alpha value is -2.46. The summed E-state index contributed by atoms with van der Waals surface area (Å²) in [6.45, 7) is 7.05. The number of carbonyl (C=O) groups is 3. The quantitative estimate of drug-likeness (QED) is 0.383. The summed E-state index contributed by atoms with van der Waals surface area (Å²) in [5.74, 6) is -0.685. The molecule has 0 saturated carbocycles. The number of likely N-dealkylation sites (tertiary alicyclic amines) is 1. The smallest absolute Gasteiger partial charge is 0.316 e. The van der Waals surface area contributed by atoms with Gasteiger partial charge in [-0.2, -0.15) is 0 Å². The molecule has 8 nitrogen and oxygen atoms in total. The normalized spacial score (nSPS) is 16.1. The van der Waals surface area contributed by atoms with E-state index in [1.807, 2.05) is 32.0 Å². The molecular formula is C21H26N4O4S2. The highest BCUT2D eigenvalue weighted by Crippen LogP contribution is 2.27. The van der Waals surface area contributed by atoms with Gasteiger partial charge in [0.25, 0.3) is 5.91 Å². The molecule has 1 saturated heterocycles. The predicted molar refractivity (Wildman–Crippen MR) is 120 cm³/mol. The van der Waals surface area contributed by atoms with Gasteiger partial charge in [-0.25, -0.2) is 0 Å². The number of thioether (sulfide) groups is 1. The van der Waals surface area contributed by atoms with Crippen LogP contribution in [-0.4, -0.2) is 58.3 Å². The zero-order chi connectivity index (χ0) is 22.4. The molecule has 31 heavy (non-hydrogen) atoms. The summed E-state index contributed by atoms with van der Waals surface area (Å²) in [5.41, 5.74) is 2.75. The lowest BCUT2D eigenvalue weighted by Crippen LogP contribution is -2.43. The number of hydrogen-bond acceptors (Lipinski definition) is 8. The van der Waals surface area contributed by atoms with E-state index in [0.717, 1.165) is 17.5 Å². The Morgan fingerprint density at radius 1 is 1.23 bits per heavy atom. The Kier molecular flexibility index (Phi) is 8.03. The average molecular weight is 463 g/mol. The molecule has 10 heteroatoms. The number of nitrogens with zero attached hydrogens (tertiary/aromatic N) is 3. The third-order valence-corrected chi connectivity index (χ3v) is 6.75. The number of piperidine rings is 1. The van der Waals surface area contributed by atoms with Gasteiger partial charge in [-0.05, 0) is 45.7 Å². The standard InChI is InChI=1S/C21H26N4O4S2/c1-4-29-17(26)12-30-21-24-23-20(31-21)22-18(27)15-6-5-7-25(11-15)19(28)16-9-13(2)8-14(3)10-16/h8-10,15H,4-7,11-12H2,1-3H3,(H,22,23,27). The first-order valence-electron chi connectivity index (χ1n) is 10.2. The summed E-state index contributed by atoms with van der Waals surface area (Å²) in [6.07, 6.45) is 1.48. The molecule has 2 aromatic rings. The molecule has 166 valence electrons. The number of rotatable bonds is 7. The Balaban J connectivity index is 1.56. The van der Waals surface area contributed by atoms with Crippen molar-refractivity contribution < 1.29 is 19.1 Å². The molecule has 2 amide bonds. The maximum absolute atomic E-state index is 12.9. The predicted octanol–water partition coefficient (Wildman–Crippen LogP) is 3.30. The lowest BCUT2D eigenvalue weighted by Gasteiger charge is -2.32. The van der Waals surface area contributed by atoms with Crippen molar-refractivity contribution in [2.24, 2.45) is 5.92 Å². The van der Waals surface area contributed by atoms with Crippen molar-refractivity contribution in [2.75, 3.05) is 30.8 Å². The zero-order valence-electron chi connectivity index (χ0n) is 17.8. The summed E-state index contributed by atoms with van der Waals surface area (Å²) < 4.78 is 5.47. The van der Waals surface area contributed by atoms with Gasteiger partial charge < -0.3 is 15.0 Å². The van der Waals surface area contributed by atoms with E-state index in [0.29, 0.717) is 41.2 Å². The Morgan fingerprint density at radius 3 is 2.68 bits per heavy atom. The number of aryl methyl sites for hydroxylation is 2. The first-order valence-corrected chi connectivity index (χ1v) is 12.0. The molecular weight excluding hydrogens is 436 g/mol. The van der Waals surface area contributed by atoms with E-state index >= 15 is 0 Å². The third kappa shape index (κ3) is 6.51. The molecule has 2 heterocycles. The highest BCUT2D eigenvalue weighted by Gasteiger charge is 2.29. The molecule has 1 aromatic carbocycles. The number of amides is 2. The minimum absolute atomic E-state index is 0.0436. The van der Waals surface area contributed by atoms with Gasteiger partial charge in [0.2, 0.25) is 11.0 Å². The number of hydrogen-bond donors (Lipinski definition) is 1. The highest BCUT2D eigenvalue weighted by atomic mass is 32.2. The van der Waals surface area contributed by atoms with Crippen LogP contribution in [0.4, 0.5) is 5.13 Å². The van der Waals surface area contributed by atoms with E-state index < -0.39 is 0 Å². The maximum Gasteiger partial charge on any atom is 0.316 e. The zero-order valence-corrected chi connectivity index (χ0v) is 19.5. The fraction of sp³-hybridized carbons (Fsp3) is 0.476. The van der Waals surface area contributed by atoms with Crippen LogP contribution in [0, 0.1) is 19.8 Å². The molecule has 0 spiro atoms. The molecule has 1 aromatic heterocycles. The first kappa shape index (κ1) is 23.2. The number of ether oxygens (including phenoxy) is 1. The SMILES string of the molecule is CCOC(=O)CSc1nnc(NC(=O)C2CCCN(C(=O)c3cc(C)cc(C)c3)C2)s1. The van der Waals surface area contributed by atoms with E-state index in [2.05, 4.69) is 15.5 Å². The van der Waals surface area contributed by atoms with Crippen molar-refractivity contribution in [3.63, 3.8) is 0 Å². The van der Waals surface area contributed by atoms with Crippen LogP contribution in [0.25, 0.3) is 0 Å². The number of aromatic nitrogens is 2. The molecule has 0 aliphatic carbocycles. The van der Waals surface area contributed by atoms with Crippen LogP contribution in [0.15, 0.2) is 22.5 Å². The van der Waals surface area contributed by atoms with Crippen LogP contribution in [0.2, 0.25) is 0 Å². The van der Waals surface area contributed by atoms with Crippen LogP contribution in [0.5, 0.6) is 0 Å². The lowest BCUT2D eigenvalue weighted by atomic mass is 9.96. The Labute approximate surface area is 189 Å². The van der Waals surface area contributed by atoms with Gasteiger partial charge in [-0.1, -0.05) is 40.3 Å². The molecule has 1 atom stereocenters. The van der Waals surface area contributed by atoms with Crippen LogP contribution < -0.4 is 5.32 Å². The van der Waals surface area contributed by atoms with Gasteiger partial charge in [0.15, 0.2) is 4.34 Å². The Bertz CT molecular complexity index is 942. The van der Waals surface area contributed by atoms with Gasteiger partial charge in [-0.3, -0.25) is 14.4 Å². The molecule has 1 N–H and O–H groups in total. The topological polar surface area (TPSA) is 101 Å². The lowest BCUT2D eigenvalue weighted by molar-refractivity contribution is -0.139. The minimum atomic E-state index is -0.316. The number of carbonyl (C=O) groups excluding carboxylic acids is 3. The molecule has 0 radical (unpaired) electrons. The molecule has 1 unspecified atom stereocenters. The number of benzene rings is 1. The Morgan fingerprint density at radius 2 is 1.97 bits per heavy atom. The number of anilines is 1. The summed E-state index contributed by atoms with van der Waals surface area (Å²) in [5, 5.41) is 11.2. The van der Waals surface area contributed by atoms with Gasteiger partial charge in [0.05, 0.1) is 18.3 Å². The van der Waals surface area contributed by atoms with Crippen molar-refractivity contribution in [3.8, 4) is 0 Å². The van der Waals surface area contributed by atoms with E-state index in [-0.39, 0.29) is 29.5 Å². The second kappa shape index (κ2) is 10.7. The average Bonchev–Trinajstić information content (AvgIpc) is 3.18. The second-order valence-corrected chi connectivity index (χ2v) is 9.62. The van der Waals surface area contributed by atoms with E-state index in [1.165, 1.54) is 23.1 Å². The summed E-state index contributed by atoms with van der Waals surface area (Å²) in [7, 11) is 0. The maximum atomic E-state index is 12.9. The van der Waals surface area contributed by atoms with E-state index in [4.69, 9.17) is 4.74 Å². The monoisotopic (exact) mass is 462 g/mol. The van der Waals surface area contributed by atoms with Crippen LogP contribution in [0.3, 0.4) is 0 Å². The van der Waals surface area contributed by atoms with Gasteiger partial charge in [0, 0.05) is 18.7 Å². The van der Waals surface area contributed by atoms with Crippen LogP contribution >= 0.6 is 23.1 Å². The molecule has 1 fully saturated rings. The minimum Gasteiger partial charge on any atom is -0.465 e. The fourth-order valence-electron chi connectivity index (χ4n) is 3.51. The summed E-state index contributed by atoms with van der Waals surface area (Å²) in [6, 6.07) is 5.80. The van der Waals surface area contributed by atoms with Crippen molar-refractivity contribution in [1.29, 1.82) is 0 Å². The number of nitrogens with one attached hydrogen (secondary N) is 1. The first-order chi connectivity index (χ1) is 14.9. The highest BCUT2D eigenvalue weighted by molar-refractivity contribution is 8.01. The summed E-state index contributed by atoms with van der Waals surface area (Å²) >= 11 is 2.44. The van der Waals surface area contributed by atoms with Gasteiger partial charge in [-0.15, -0.1) is 10.2 Å². The van der Waals surface area contributed by atoms with Gasteiger partial charge in [0.1, 0.15) is 0 Å². The number of esters is 1. The molecule has 3 rings (SSSR count). The van der Waals surface area contributed by atoms with E-state index in [9.17, 15) is 14.4 Å². The molecule has 1 aliphatic heterocycles.